The van der Waals surface area contributed by atoms with Crippen molar-refractivity contribution in [2.24, 2.45) is 5.41 Å². The van der Waals surface area contributed by atoms with Crippen molar-refractivity contribution in [3.63, 3.8) is 0 Å². The van der Waals surface area contributed by atoms with E-state index in [1.54, 1.807) is 12.5 Å². The first-order chi connectivity index (χ1) is 6.43. The molecule has 0 aliphatic heterocycles. The van der Waals surface area contributed by atoms with Gasteiger partial charge in [-0.15, -0.1) is 0 Å². The summed E-state index contributed by atoms with van der Waals surface area (Å²) in [7, 11) is 0. The summed E-state index contributed by atoms with van der Waals surface area (Å²) in [4.78, 5) is 10.7. The molecule has 0 amide bonds. The number of ketones is 1. The summed E-state index contributed by atoms with van der Waals surface area (Å²) in [5.74, 6) is 0.270. The topological polar surface area (TPSA) is 17.1 Å². The number of carbonyl (C=O) groups excluding carboxylic acids is 1. The Balaban J connectivity index is 2.39. The molecule has 0 aromatic heterocycles. The van der Waals surface area contributed by atoms with E-state index >= 15 is 0 Å². The standard InChI is InChI=1S/C13H20O/c1-10(12-9-13(12,3)4)7-5-6-8-11(2)14/h5,7H,6,8-9H2,1-4H3/b7-5+,12-10?. The van der Waals surface area contributed by atoms with Gasteiger partial charge in [0, 0.05) is 6.42 Å². The van der Waals surface area contributed by atoms with E-state index in [0.717, 1.165) is 6.42 Å². The Bertz CT molecular complexity index is 292. The second-order valence-corrected chi connectivity index (χ2v) is 4.87. The van der Waals surface area contributed by atoms with E-state index in [2.05, 4.69) is 32.9 Å². The van der Waals surface area contributed by atoms with Crippen molar-refractivity contribution in [2.45, 2.75) is 47.0 Å². The highest BCUT2D eigenvalue weighted by Gasteiger charge is 2.39. The molecule has 14 heavy (non-hydrogen) atoms. The van der Waals surface area contributed by atoms with Gasteiger partial charge in [0.25, 0.3) is 0 Å². The Hall–Kier alpha value is -0.850. The molecule has 0 saturated heterocycles. The molecule has 1 saturated carbocycles. The molecule has 0 unspecified atom stereocenters. The molecular weight excluding hydrogens is 172 g/mol. The highest BCUT2D eigenvalue weighted by molar-refractivity contribution is 5.75. The fourth-order valence-corrected chi connectivity index (χ4v) is 1.72. The smallest absolute Gasteiger partial charge is 0.130 e. The Kier molecular flexibility index (Phi) is 3.30. The average molecular weight is 192 g/mol. The van der Waals surface area contributed by atoms with Gasteiger partial charge >= 0.3 is 0 Å². The van der Waals surface area contributed by atoms with Crippen molar-refractivity contribution >= 4 is 5.78 Å². The van der Waals surface area contributed by atoms with E-state index < -0.39 is 0 Å². The second-order valence-electron chi connectivity index (χ2n) is 4.87. The van der Waals surface area contributed by atoms with Crippen LogP contribution >= 0.6 is 0 Å². The zero-order valence-corrected chi connectivity index (χ0v) is 9.68. The summed E-state index contributed by atoms with van der Waals surface area (Å²) in [6.07, 6.45) is 7.05. The van der Waals surface area contributed by atoms with Crippen LogP contribution in [0.1, 0.15) is 47.0 Å². The van der Waals surface area contributed by atoms with Crippen LogP contribution in [0.4, 0.5) is 0 Å². The van der Waals surface area contributed by atoms with Crippen molar-refractivity contribution < 1.29 is 4.79 Å². The number of allylic oxidation sites excluding steroid dienone is 4. The molecule has 0 spiro atoms. The van der Waals surface area contributed by atoms with Crippen LogP contribution in [0.3, 0.4) is 0 Å². The molecule has 0 aromatic carbocycles. The van der Waals surface area contributed by atoms with E-state index in [1.807, 2.05) is 0 Å². The number of hydrogen-bond acceptors (Lipinski definition) is 1. The first-order valence-electron chi connectivity index (χ1n) is 5.30. The molecule has 1 nitrogen and oxygen atoms in total. The molecule has 78 valence electrons. The van der Waals surface area contributed by atoms with Crippen molar-refractivity contribution in [1.29, 1.82) is 0 Å². The molecule has 0 aromatic rings. The summed E-state index contributed by atoms with van der Waals surface area (Å²) in [5.41, 5.74) is 3.39. The molecule has 1 heteroatoms. The lowest BCUT2D eigenvalue weighted by Crippen LogP contribution is -1.86. The minimum absolute atomic E-state index is 0.270. The lowest BCUT2D eigenvalue weighted by Gasteiger charge is -1.96. The van der Waals surface area contributed by atoms with E-state index in [1.165, 1.54) is 12.0 Å². The third-order valence-corrected chi connectivity index (χ3v) is 2.82. The number of Topliss-reactive ketones (excluding diaryl/α,β-unsaturated/α-hetero) is 1. The second kappa shape index (κ2) is 4.12. The average Bonchev–Trinajstić information content (AvgIpc) is 2.68. The quantitative estimate of drug-likeness (QED) is 0.664. The van der Waals surface area contributed by atoms with Gasteiger partial charge in [-0.25, -0.2) is 0 Å². The number of carbonyl (C=O) groups is 1. The predicted octanol–water partition coefficient (Wildman–Crippen LogP) is 3.66. The van der Waals surface area contributed by atoms with Crippen molar-refractivity contribution in [2.75, 3.05) is 0 Å². The van der Waals surface area contributed by atoms with Crippen LogP contribution < -0.4 is 0 Å². The van der Waals surface area contributed by atoms with Gasteiger partial charge in [-0.1, -0.05) is 37.1 Å². The van der Waals surface area contributed by atoms with Crippen LogP contribution in [0.2, 0.25) is 0 Å². The minimum atomic E-state index is 0.270. The SMILES string of the molecule is CC(=O)CC/C=C/C(C)=C1CC1(C)C. The molecule has 0 radical (unpaired) electrons. The zero-order chi connectivity index (χ0) is 10.8. The predicted molar refractivity (Wildman–Crippen MR) is 60.2 cm³/mol. The first kappa shape index (κ1) is 11.2. The van der Waals surface area contributed by atoms with Crippen LogP contribution in [0.25, 0.3) is 0 Å². The summed E-state index contributed by atoms with van der Waals surface area (Å²) in [6, 6.07) is 0. The van der Waals surface area contributed by atoms with E-state index in [9.17, 15) is 4.79 Å². The maximum Gasteiger partial charge on any atom is 0.130 e. The minimum Gasteiger partial charge on any atom is -0.300 e. The van der Waals surface area contributed by atoms with E-state index in [-0.39, 0.29) is 5.78 Å². The van der Waals surface area contributed by atoms with Gasteiger partial charge in [0.2, 0.25) is 0 Å². The lowest BCUT2D eigenvalue weighted by atomic mass is 10.1. The largest absolute Gasteiger partial charge is 0.300 e. The summed E-state index contributed by atoms with van der Waals surface area (Å²) in [5, 5.41) is 0. The normalized spacial score (nSPS) is 22.6. The van der Waals surface area contributed by atoms with Crippen LogP contribution in [-0.2, 0) is 4.79 Å². The van der Waals surface area contributed by atoms with Gasteiger partial charge in [-0.2, -0.15) is 0 Å². The Labute approximate surface area is 86.9 Å². The van der Waals surface area contributed by atoms with Crippen LogP contribution in [0.15, 0.2) is 23.3 Å². The van der Waals surface area contributed by atoms with E-state index in [0.29, 0.717) is 11.8 Å². The van der Waals surface area contributed by atoms with Crippen LogP contribution in [-0.4, -0.2) is 5.78 Å². The highest BCUT2D eigenvalue weighted by Crippen LogP contribution is 2.52. The van der Waals surface area contributed by atoms with Gasteiger partial charge in [-0.3, -0.25) is 0 Å². The third-order valence-electron chi connectivity index (χ3n) is 2.82. The molecule has 1 aliphatic rings. The van der Waals surface area contributed by atoms with Gasteiger partial charge < -0.3 is 4.79 Å². The fraction of sp³-hybridized carbons (Fsp3) is 0.615. The van der Waals surface area contributed by atoms with Crippen molar-refractivity contribution in [3.8, 4) is 0 Å². The summed E-state index contributed by atoms with van der Waals surface area (Å²) < 4.78 is 0. The molecule has 0 bridgehead atoms. The number of rotatable bonds is 4. The Morgan fingerprint density at radius 3 is 2.43 bits per heavy atom. The molecule has 1 fully saturated rings. The fourth-order valence-electron chi connectivity index (χ4n) is 1.72. The summed E-state index contributed by atoms with van der Waals surface area (Å²) in [6.45, 7) is 8.35. The van der Waals surface area contributed by atoms with Gasteiger partial charge in [0.05, 0.1) is 0 Å². The lowest BCUT2D eigenvalue weighted by molar-refractivity contribution is -0.116. The molecular formula is C13H20O. The maximum atomic E-state index is 10.7. The number of hydrogen-bond donors (Lipinski definition) is 0. The monoisotopic (exact) mass is 192 g/mol. The van der Waals surface area contributed by atoms with Crippen molar-refractivity contribution in [1.82, 2.24) is 0 Å². The summed E-state index contributed by atoms with van der Waals surface area (Å²) >= 11 is 0. The first-order valence-corrected chi connectivity index (χ1v) is 5.30. The zero-order valence-electron chi connectivity index (χ0n) is 9.68. The van der Waals surface area contributed by atoms with Gasteiger partial charge in [0.15, 0.2) is 0 Å². The molecule has 1 aliphatic carbocycles. The van der Waals surface area contributed by atoms with Gasteiger partial charge in [0.1, 0.15) is 5.78 Å². The highest BCUT2D eigenvalue weighted by atomic mass is 16.1. The Morgan fingerprint density at radius 1 is 1.43 bits per heavy atom. The van der Waals surface area contributed by atoms with Crippen LogP contribution in [0.5, 0.6) is 0 Å². The molecule has 1 rings (SSSR count). The molecule has 0 heterocycles. The molecule has 0 N–H and O–H groups in total. The maximum absolute atomic E-state index is 10.7. The third kappa shape index (κ3) is 3.13. The van der Waals surface area contributed by atoms with Crippen LogP contribution in [0, 0.1) is 5.41 Å². The van der Waals surface area contributed by atoms with E-state index in [4.69, 9.17) is 0 Å². The van der Waals surface area contributed by atoms with Crippen molar-refractivity contribution in [3.05, 3.63) is 23.3 Å². The Morgan fingerprint density at radius 2 is 2.00 bits per heavy atom. The van der Waals surface area contributed by atoms with Gasteiger partial charge in [-0.05, 0) is 32.1 Å². The molecule has 0 atom stereocenters.